The van der Waals surface area contributed by atoms with E-state index in [-0.39, 0.29) is 6.10 Å². The fraction of sp³-hybridized carbons (Fsp3) is 0.583. The molecule has 0 bridgehead atoms. The number of nitrogens with one attached hydrogen (secondary N) is 1. The van der Waals surface area contributed by atoms with Crippen LogP contribution in [0.5, 0.6) is 5.88 Å². The van der Waals surface area contributed by atoms with E-state index in [1.165, 1.54) is 5.56 Å². The quantitative estimate of drug-likeness (QED) is 0.805. The zero-order valence-electron chi connectivity index (χ0n) is 9.95. The van der Waals surface area contributed by atoms with Crippen molar-refractivity contribution in [3.05, 3.63) is 23.9 Å². The molecule has 15 heavy (non-hydrogen) atoms. The molecule has 1 rings (SSSR count). The molecule has 0 amide bonds. The van der Waals surface area contributed by atoms with Crippen LogP contribution in [0.4, 0.5) is 0 Å². The molecule has 1 aromatic rings. The number of hydrogen-bond acceptors (Lipinski definition) is 3. The lowest BCUT2D eigenvalue weighted by molar-refractivity contribution is 0.205. The molecule has 0 saturated heterocycles. The molecule has 0 aliphatic heterocycles. The van der Waals surface area contributed by atoms with Gasteiger partial charge >= 0.3 is 0 Å². The minimum absolute atomic E-state index is 0.140. The normalized spacial score (nSPS) is 12.9. The van der Waals surface area contributed by atoms with Crippen LogP contribution in [0.25, 0.3) is 0 Å². The van der Waals surface area contributed by atoms with E-state index in [9.17, 15) is 0 Å². The molecule has 1 heterocycles. The Bertz CT molecular complexity index is 299. The first kappa shape index (κ1) is 12.0. The molecule has 84 valence electrons. The fourth-order valence-corrected chi connectivity index (χ4v) is 1.22. The average molecular weight is 208 g/mol. The van der Waals surface area contributed by atoms with Crippen LogP contribution in [0.3, 0.4) is 0 Å². The molecule has 0 spiro atoms. The Morgan fingerprint density at radius 2 is 2.13 bits per heavy atom. The first-order chi connectivity index (χ1) is 7.08. The van der Waals surface area contributed by atoms with Crippen LogP contribution in [-0.2, 0) is 0 Å². The summed E-state index contributed by atoms with van der Waals surface area (Å²) in [5.74, 6) is 0.702. The van der Waals surface area contributed by atoms with Gasteiger partial charge in [-0.15, -0.1) is 0 Å². The van der Waals surface area contributed by atoms with Gasteiger partial charge in [-0.3, -0.25) is 0 Å². The van der Waals surface area contributed by atoms with Crippen molar-refractivity contribution >= 4 is 0 Å². The molecule has 3 heteroatoms. The molecule has 1 atom stereocenters. The lowest BCUT2D eigenvalue weighted by Gasteiger charge is -2.16. The van der Waals surface area contributed by atoms with Gasteiger partial charge in [-0.1, -0.05) is 13.8 Å². The van der Waals surface area contributed by atoms with Gasteiger partial charge in [0.2, 0.25) is 5.88 Å². The fourth-order valence-electron chi connectivity index (χ4n) is 1.22. The minimum Gasteiger partial charge on any atom is -0.473 e. The zero-order chi connectivity index (χ0) is 11.3. The molecule has 0 aliphatic carbocycles. The van der Waals surface area contributed by atoms with Crippen molar-refractivity contribution in [2.75, 3.05) is 6.54 Å². The Balaban J connectivity index is 2.40. The number of ether oxygens (including phenoxy) is 1. The number of hydrogen-bond donors (Lipinski definition) is 1. The van der Waals surface area contributed by atoms with Gasteiger partial charge in [0.25, 0.3) is 0 Å². The van der Waals surface area contributed by atoms with Crippen molar-refractivity contribution in [1.82, 2.24) is 10.3 Å². The molecule has 0 unspecified atom stereocenters. The summed E-state index contributed by atoms with van der Waals surface area (Å²) in [6.07, 6.45) is 1.91. The van der Waals surface area contributed by atoms with E-state index in [1.807, 2.05) is 26.0 Å². The number of pyridine rings is 1. The van der Waals surface area contributed by atoms with Crippen LogP contribution < -0.4 is 10.1 Å². The van der Waals surface area contributed by atoms with Crippen molar-refractivity contribution < 1.29 is 4.74 Å². The van der Waals surface area contributed by atoms with Gasteiger partial charge in [-0.2, -0.15) is 0 Å². The maximum atomic E-state index is 5.67. The van der Waals surface area contributed by atoms with E-state index in [0.717, 1.165) is 6.54 Å². The van der Waals surface area contributed by atoms with Crippen LogP contribution >= 0.6 is 0 Å². The number of nitrogens with zero attached hydrogens (tertiary/aromatic N) is 1. The summed E-state index contributed by atoms with van der Waals surface area (Å²) in [6, 6.07) is 4.40. The highest BCUT2D eigenvalue weighted by molar-refractivity contribution is 5.18. The largest absolute Gasteiger partial charge is 0.473 e. The summed E-state index contributed by atoms with van der Waals surface area (Å²) in [7, 11) is 0. The second-order valence-electron chi connectivity index (χ2n) is 4.16. The number of aromatic nitrogens is 1. The minimum atomic E-state index is 0.140. The van der Waals surface area contributed by atoms with Gasteiger partial charge in [0.05, 0.1) is 0 Å². The summed E-state index contributed by atoms with van der Waals surface area (Å²) in [5.41, 5.74) is 1.17. The van der Waals surface area contributed by atoms with Gasteiger partial charge in [0.1, 0.15) is 6.10 Å². The first-order valence-corrected chi connectivity index (χ1v) is 5.40. The molecule has 0 fully saturated rings. The Labute approximate surface area is 91.9 Å². The Hall–Kier alpha value is -1.09. The molecule has 0 saturated carbocycles. The summed E-state index contributed by atoms with van der Waals surface area (Å²) >= 11 is 0. The zero-order valence-corrected chi connectivity index (χ0v) is 9.95. The lowest BCUT2D eigenvalue weighted by Crippen LogP contribution is -2.33. The highest BCUT2D eigenvalue weighted by Gasteiger charge is 2.05. The van der Waals surface area contributed by atoms with Crippen molar-refractivity contribution in [3.63, 3.8) is 0 Å². The Morgan fingerprint density at radius 1 is 1.40 bits per heavy atom. The topological polar surface area (TPSA) is 34.1 Å². The van der Waals surface area contributed by atoms with Crippen LogP contribution in [0.2, 0.25) is 0 Å². The maximum absolute atomic E-state index is 5.67. The van der Waals surface area contributed by atoms with E-state index in [2.05, 4.69) is 24.1 Å². The van der Waals surface area contributed by atoms with Crippen LogP contribution in [0.15, 0.2) is 18.3 Å². The smallest absolute Gasteiger partial charge is 0.213 e. The van der Waals surface area contributed by atoms with Gasteiger partial charge < -0.3 is 10.1 Å². The first-order valence-electron chi connectivity index (χ1n) is 5.40. The summed E-state index contributed by atoms with van der Waals surface area (Å²) < 4.78 is 5.67. The highest BCUT2D eigenvalue weighted by atomic mass is 16.5. The van der Waals surface area contributed by atoms with Crippen LogP contribution in [0.1, 0.15) is 26.3 Å². The molecule has 0 radical (unpaired) electrons. The third-order valence-corrected chi connectivity index (χ3v) is 2.03. The lowest BCUT2D eigenvalue weighted by atomic mass is 10.3. The standard InChI is InChI=1S/C12H20N2O/c1-9(2)14-8-11(4)15-12-7-10(3)5-6-13-12/h5-7,9,11,14H,8H2,1-4H3/t11-/m0/s1. The maximum Gasteiger partial charge on any atom is 0.213 e. The number of rotatable bonds is 5. The van der Waals surface area contributed by atoms with Gasteiger partial charge in [-0.25, -0.2) is 4.98 Å². The highest BCUT2D eigenvalue weighted by Crippen LogP contribution is 2.09. The third kappa shape index (κ3) is 4.79. The van der Waals surface area contributed by atoms with Gasteiger partial charge in [0.15, 0.2) is 0 Å². The van der Waals surface area contributed by atoms with Crippen LogP contribution in [0, 0.1) is 6.92 Å². The van der Waals surface area contributed by atoms with Gasteiger partial charge in [-0.05, 0) is 25.5 Å². The predicted molar refractivity (Wildman–Crippen MR) is 62.2 cm³/mol. The molecular formula is C12H20N2O. The second kappa shape index (κ2) is 5.71. The average Bonchev–Trinajstić information content (AvgIpc) is 2.15. The Kier molecular flexibility index (Phi) is 4.56. The van der Waals surface area contributed by atoms with E-state index in [1.54, 1.807) is 6.20 Å². The summed E-state index contributed by atoms with van der Waals surface area (Å²) in [6.45, 7) is 9.16. The predicted octanol–water partition coefficient (Wildman–Crippen LogP) is 2.16. The molecule has 0 aromatic carbocycles. The van der Waals surface area contributed by atoms with E-state index < -0.39 is 0 Å². The van der Waals surface area contributed by atoms with Crippen molar-refractivity contribution in [2.24, 2.45) is 0 Å². The molecule has 3 nitrogen and oxygen atoms in total. The number of aryl methyl sites for hydroxylation is 1. The molecule has 1 aromatic heterocycles. The van der Waals surface area contributed by atoms with E-state index >= 15 is 0 Å². The second-order valence-corrected chi connectivity index (χ2v) is 4.16. The van der Waals surface area contributed by atoms with Gasteiger partial charge in [0, 0.05) is 24.8 Å². The van der Waals surface area contributed by atoms with Crippen molar-refractivity contribution in [2.45, 2.75) is 39.8 Å². The summed E-state index contributed by atoms with van der Waals surface area (Å²) in [5, 5.41) is 3.33. The monoisotopic (exact) mass is 208 g/mol. The van der Waals surface area contributed by atoms with E-state index in [4.69, 9.17) is 4.74 Å². The molecule has 0 aliphatic rings. The third-order valence-electron chi connectivity index (χ3n) is 2.03. The van der Waals surface area contributed by atoms with Crippen molar-refractivity contribution in [1.29, 1.82) is 0 Å². The molecule has 1 N–H and O–H groups in total. The van der Waals surface area contributed by atoms with Crippen LogP contribution in [-0.4, -0.2) is 23.7 Å². The van der Waals surface area contributed by atoms with E-state index in [0.29, 0.717) is 11.9 Å². The van der Waals surface area contributed by atoms with Crippen molar-refractivity contribution in [3.8, 4) is 5.88 Å². The SMILES string of the molecule is Cc1ccnc(O[C@@H](C)CNC(C)C)c1. The summed E-state index contributed by atoms with van der Waals surface area (Å²) in [4.78, 5) is 4.16. The Morgan fingerprint density at radius 3 is 2.73 bits per heavy atom. The molecular weight excluding hydrogens is 188 g/mol.